The molecule has 0 atom stereocenters. The summed E-state index contributed by atoms with van der Waals surface area (Å²) in [5.74, 6) is 0. The molecule has 0 N–H and O–H groups in total. The molecule has 57 heavy (non-hydrogen) atoms. The first-order chi connectivity index (χ1) is 28.4. The highest BCUT2D eigenvalue weighted by molar-refractivity contribution is 5.47. The Bertz CT molecular complexity index is 1170. The minimum Gasteiger partial charge on any atom is -0.379 e. The van der Waals surface area contributed by atoms with Gasteiger partial charge in [0.25, 0.3) is 0 Å². The zero-order valence-electron chi connectivity index (χ0n) is 34.2. The van der Waals surface area contributed by atoms with Crippen LogP contribution < -0.4 is 0 Å². The van der Waals surface area contributed by atoms with Gasteiger partial charge in [-0.15, -0.1) is 0 Å². The van der Waals surface area contributed by atoms with Gasteiger partial charge >= 0.3 is 0 Å². The lowest BCUT2D eigenvalue weighted by molar-refractivity contribution is -0.0399. The molecular formula is C45H68O12. The Morgan fingerprint density at radius 3 is 0.719 bits per heavy atom. The van der Waals surface area contributed by atoms with E-state index in [4.69, 9.17) is 56.8 Å². The molecule has 0 radical (unpaired) electrons. The van der Waals surface area contributed by atoms with Gasteiger partial charge in [-0.1, -0.05) is 104 Å². The van der Waals surface area contributed by atoms with E-state index >= 15 is 0 Å². The SMILES string of the molecule is CCCCOCCOCCOCCOCCOCCOCCOCCOCCOCCOCCOCCOC(c1ccccc1)(c1ccccc1)c1ccccc1. The molecule has 3 aromatic carbocycles. The summed E-state index contributed by atoms with van der Waals surface area (Å²) in [6.07, 6.45) is 2.24. The smallest absolute Gasteiger partial charge is 0.143 e. The third-order valence-corrected chi connectivity index (χ3v) is 8.45. The predicted octanol–water partition coefficient (Wildman–Crippen LogP) is 5.98. The van der Waals surface area contributed by atoms with E-state index in [0.29, 0.717) is 145 Å². The van der Waals surface area contributed by atoms with Crippen LogP contribution in [0.2, 0.25) is 0 Å². The van der Waals surface area contributed by atoms with Crippen molar-refractivity contribution in [2.75, 3.05) is 152 Å². The zero-order chi connectivity index (χ0) is 40.0. The molecule has 0 amide bonds. The number of hydrogen-bond donors (Lipinski definition) is 0. The summed E-state index contributed by atoms with van der Waals surface area (Å²) < 4.78 is 67.8. The van der Waals surface area contributed by atoms with Gasteiger partial charge in [-0.3, -0.25) is 0 Å². The molecule has 320 valence electrons. The second kappa shape index (κ2) is 35.2. The molecular weight excluding hydrogens is 732 g/mol. The molecule has 0 aliphatic heterocycles. The van der Waals surface area contributed by atoms with Crippen LogP contribution in [0.15, 0.2) is 91.0 Å². The van der Waals surface area contributed by atoms with Crippen molar-refractivity contribution < 1.29 is 56.8 Å². The first-order valence-electron chi connectivity index (χ1n) is 20.5. The lowest BCUT2D eigenvalue weighted by Gasteiger charge is -2.36. The summed E-state index contributed by atoms with van der Waals surface area (Å²) in [6, 6.07) is 31.0. The number of ether oxygens (including phenoxy) is 12. The van der Waals surface area contributed by atoms with Gasteiger partial charge in [-0.25, -0.2) is 0 Å². The van der Waals surface area contributed by atoms with Crippen molar-refractivity contribution in [1.82, 2.24) is 0 Å². The molecule has 0 saturated carbocycles. The Hall–Kier alpha value is -2.82. The van der Waals surface area contributed by atoms with E-state index in [1.807, 2.05) is 54.6 Å². The third kappa shape index (κ3) is 22.8. The Morgan fingerprint density at radius 2 is 0.491 bits per heavy atom. The summed E-state index contributed by atoms with van der Waals surface area (Å²) >= 11 is 0. The van der Waals surface area contributed by atoms with Crippen LogP contribution in [0.1, 0.15) is 36.5 Å². The Balaban J connectivity index is 1.03. The van der Waals surface area contributed by atoms with E-state index in [1.165, 1.54) is 0 Å². The van der Waals surface area contributed by atoms with Crippen LogP contribution in [0.5, 0.6) is 0 Å². The number of hydrogen-bond acceptors (Lipinski definition) is 12. The van der Waals surface area contributed by atoms with E-state index < -0.39 is 5.60 Å². The molecule has 3 rings (SSSR count). The molecule has 0 bridgehead atoms. The van der Waals surface area contributed by atoms with Crippen molar-refractivity contribution in [3.63, 3.8) is 0 Å². The first-order valence-corrected chi connectivity index (χ1v) is 20.5. The molecule has 0 aliphatic rings. The Labute approximate surface area is 341 Å². The van der Waals surface area contributed by atoms with Gasteiger partial charge in [0, 0.05) is 6.61 Å². The molecule has 0 heterocycles. The predicted molar refractivity (Wildman–Crippen MR) is 219 cm³/mol. The fourth-order valence-electron chi connectivity index (χ4n) is 5.57. The highest BCUT2D eigenvalue weighted by Gasteiger charge is 2.37. The average Bonchev–Trinajstić information content (AvgIpc) is 3.26. The number of unbranched alkanes of at least 4 members (excludes halogenated alkanes) is 1. The summed E-state index contributed by atoms with van der Waals surface area (Å²) in [5.41, 5.74) is 2.45. The highest BCUT2D eigenvalue weighted by atomic mass is 16.6. The van der Waals surface area contributed by atoms with E-state index in [-0.39, 0.29) is 0 Å². The van der Waals surface area contributed by atoms with Gasteiger partial charge in [0.2, 0.25) is 0 Å². The van der Waals surface area contributed by atoms with Gasteiger partial charge < -0.3 is 56.8 Å². The van der Waals surface area contributed by atoms with Crippen LogP contribution in [0.25, 0.3) is 0 Å². The fourth-order valence-corrected chi connectivity index (χ4v) is 5.57. The monoisotopic (exact) mass is 800 g/mol. The minimum atomic E-state index is -0.752. The van der Waals surface area contributed by atoms with Crippen LogP contribution in [-0.2, 0) is 62.4 Å². The summed E-state index contributed by atoms with van der Waals surface area (Å²) in [4.78, 5) is 0. The highest BCUT2D eigenvalue weighted by Crippen LogP contribution is 2.40. The standard InChI is InChI=1S/C45H68O12/c1-2-3-19-46-20-21-47-22-23-48-24-25-49-26-27-50-28-29-51-30-31-52-32-33-53-34-35-54-36-37-55-38-39-56-40-41-57-45(42-13-7-4-8-14-42,43-15-9-5-10-16-43)44-17-11-6-12-18-44/h4-18H,2-3,19-41H2,1H3. The van der Waals surface area contributed by atoms with Gasteiger partial charge in [0.05, 0.1) is 145 Å². The fraction of sp³-hybridized carbons (Fsp3) is 0.600. The lowest BCUT2D eigenvalue weighted by atomic mass is 9.80. The topological polar surface area (TPSA) is 111 Å². The van der Waals surface area contributed by atoms with E-state index in [2.05, 4.69) is 43.3 Å². The van der Waals surface area contributed by atoms with Crippen molar-refractivity contribution in [3.05, 3.63) is 108 Å². The second-order valence-corrected chi connectivity index (χ2v) is 12.7. The maximum absolute atomic E-state index is 6.73. The maximum atomic E-state index is 6.73. The normalized spacial score (nSPS) is 11.7. The zero-order valence-corrected chi connectivity index (χ0v) is 34.2. The van der Waals surface area contributed by atoms with Crippen LogP contribution in [0.4, 0.5) is 0 Å². The summed E-state index contributed by atoms with van der Waals surface area (Å²) in [7, 11) is 0. The molecule has 0 aliphatic carbocycles. The van der Waals surface area contributed by atoms with Gasteiger partial charge in [0.15, 0.2) is 0 Å². The maximum Gasteiger partial charge on any atom is 0.143 e. The quantitative estimate of drug-likeness (QED) is 0.0499. The van der Waals surface area contributed by atoms with E-state index in [0.717, 1.165) is 36.1 Å². The van der Waals surface area contributed by atoms with Crippen LogP contribution in [0, 0.1) is 0 Å². The summed E-state index contributed by atoms with van der Waals surface area (Å²) in [5, 5.41) is 0. The van der Waals surface area contributed by atoms with Crippen LogP contribution >= 0.6 is 0 Å². The number of rotatable bonds is 40. The molecule has 0 unspecified atom stereocenters. The van der Waals surface area contributed by atoms with Crippen molar-refractivity contribution in [2.24, 2.45) is 0 Å². The van der Waals surface area contributed by atoms with Crippen molar-refractivity contribution in [2.45, 2.75) is 25.4 Å². The van der Waals surface area contributed by atoms with E-state index in [1.54, 1.807) is 0 Å². The molecule has 12 heteroatoms. The number of benzene rings is 3. The van der Waals surface area contributed by atoms with Gasteiger partial charge in [0.1, 0.15) is 5.60 Å². The largest absolute Gasteiger partial charge is 0.379 e. The van der Waals surface area contributed by atoms with E-state index in [9.17, 15) is 0 Å². The van der Waals surface area contributed by atoms with Crippen molar-refractivity contribution in [3.8, 4) is 0 Å². The average molecular weight is 801 g/mol. The summed E-state index contributed by atoms with van der Waals surface area (Å²) in [6.45, 7) is 14.2. The van der Waals surface area contributed by atoms with Gasteiger partial charge in [-0.05, 0) is 23.1 Å². The molecule has 0 spiro atoms. The van der Waals surface area contributed by atoms with Crippen LogP contribution in [0.3, 0.4) is 0 Å². The lowest BCUT2D eigenvalue weighted by Crippen LogP contribution is -2.34. The second-order valence-electron chi connectivity index (χ2n) is 12.7. The molecule has 3 aromatic rings. The molecule has 0 aromatic heterocycles. The Kier molecular flexibility index (Phi) is 29.9. The van der Waals surface area contributed by atoms with Crippen molar-refractivity contribution in [1.29, 1.82) is 0 Å². The van der Waals surface area contributed by atoms with Crippen LogP contribution in [-0.4, -0.2) is 152 Å². The third-order valence-electron chi connectivity index (χ3n) is 8.45. The van der Waals surface area contributed by atoms with Gasteiger partial charge in [-0.2, -0.15) is 0 Å². The molecule has 0 saturated heterocycles. The minimum absolute atomic E-state index is 0.416. The molecule has 12 nitrogen and oxygen atoms in total. The molecule has 0 fully saturated rings. The first kappa shape index (κ1) is 48.5. The Morgan fingerprint density at radius 1 is 0.281 bits per heavy atom. The van der Waals surface area contributed by atoms with Crippen molar-refractivity contribution >= 4 is 0 Å².